The molecule has 0 aromatic heterocycles. The topological polar surface area (TPSA) is 60.8 Å². The maximum atomic E-state index is 10.7. The summed E-state index contributed by atoms with van der Waals surface area (Å²) in [6, 6.07) is 5.29. The molecule has 0 amide bonds. The maximum absolute atomic E-state index is 10.7. The molecule has 0 aliphatic heterocycles. The predicted octanol–water partition coefficient (Wildman–Crippen LogP) is 2.23. The molecule has 0 aliphatic rings. The van der Waals surface area contributed by atoms with E-state index in [9.17, 15) is 9.90 Å². The second-order valence-corrected chi connectivity index (χ2v) is 4.45. The van der Waals surface area contributed by atoms with Gasteiger partial charge in [0.15, 0.2) is 0 Å². The van der Waals surface area contributed by atoms with E-state index in [1.54, 1.807) is 29.2 Å². The van der Waals surface area contributed by atoms with E-state index in [0.717, 1.165) is 0 Å². The number of aromatic hydroxyl groups is 1. The van der Waals surface area contributed by atoms with Crippen molar-refractivity contribution in [3.05, 3.63) is 40.9 Å². The lowest BCUT2D eigenvalue weighted by molar-refractivity contribution is -0.138. The minimum Gasteiger partial charge on any atom is -0.506 e. The summed E-state index contributed by atoms with van der Waals surface area (Å²) in [7, 11) is 0. The van der Waals surface area contributed by atoms with E-state index in [2.05, 4.69) is 22.5 Å². The van der Waals surface area contributed by atoms with Gasteiger partial charge in [-0.3, -0.25) is 9.69 Å². The van der Waals surface area contributed by atoms with Crippen LogP contribution in [0.15, 0.2) is 35.3 Å². The molecule has 0 aliphatic carbocycles. The van der Waals surface area contributed by atoms with Crippen LogP contribution in [0, 0.1) is 0 Å². The van der Waals surface area contributed by atoms with E-state index in [0.29, 0.717) is 23.1 Å². The van der Waals surface area contributed by atoms with Gasteiger partial charge in [-0.05, 0) is 22.0 Å². The standard InChI is InChI=1S/C12H14BrNO3/c1-2-6-14(8-11(15)16)7-9-4-3-5-10(13)12(9)17/h2-5,17H,1,6-8H2,(H,15,16). The molecule has 0 spiro atoms. The van der Waals surface area contributed by atoms with Gasteiger partial charge >= 0.3 is 5.97 Å². The number of aliphatic carboxylic acids is 1. The van der Waals surface area contributed by atoms with Crippen molar-refractivity contribution in [3.8, 4) is 5.75 Å². The summed E-state index contributed by atoms with van der Waals surface area (Å²) in [5, 5.41) is 18.6. The smallest absolute Gasteiger partial charge is 0.317 e. The van der Waals surface area contributed by atoms with Gasteiger partial charge < -0.3 is 10.2 Å². The van der Waals surface area contributed by atoms with Crippen LogP contribution >= 0.6 is 15.9 Å². The summed E-state index contributed by atoms with van der Waals surface area (Å²) in [6.07, 6.45) is 1.64. The van der Waals surface area contributed by atoms with Crippen LogP contribution in [0.2, 0.25) is 0 Å². The third-order valence-electron chi connectivity index (χ3n) is 2.21. The molecule has 2 N–H and O–H groups in total. The molecule has 5 heteroatoms. The highest BCUT2D eigenvalue weighted by molar-refractivity contribution is 9.10. The average Bonchev–Trinajstić information content (AvgIpc) is 2.24. The normalized spacial score (nSPS) is 10.5. The SMILES string of the molecule is C=CCN(CC(=O)O)Cc1cccc(Br)c1O. The van der Waals surface area contributed by atoms with E-state index in [1.165, 1.54) is 0 Å². The van der Waals surface area contributed by atoms with Gasteiger partial charge in [0.2, 0.25) is 0 Å². The quantitative estimate of drug-likeness (QED) is 0.791. The first-order valence-corrected chi connectivity index (χ1v) is 5.85. The molecular formula is C12H14BrNO3. The van der Waals surface area contributed by atoms with E-state index in [4.69, 9.17) is 5.11 Å². The van der Waals surface area contributed by atoms with E-state index in [-0.39, 0.29) is 12.3 Å². The Morgan fingerprint density at radius 2 is 2.24 bits per heavy atom. The number of carboxylic acids is 1. The maximum Gasteiger partial charge on any atom is 0.317 e. The molecule has 17 heavy (non-hydrogen) atoms. The average molecular weight is 300 g/mol. The Labute approximate surface area is 108 Å². The number of rotatable bonds is 6. The number of benzene rings is 1. The molecule has 0 heterocycles. The Balaban J connectivity index is 2.81. The van der Waals surface area contributed by atoms with Crippen LogP contribution in [0.25, 0.3) is 0 Å². The van der Waals surface area contributed by atoms with Gasteiger partial charge in [0.05, 0.1) is 11.0 Å². The number of nitrogens with zero attached hydrogens (tertiary/aromatic N) is 1. The summed E-state index contributed by atoms with van der Waals surface area (Å²) in [4.78, 5) is 12.4. The number of phenols is 1. The molecule has 0 saturated carbocycles. The van der Waals surface area contributed by atoms with Gasteiger partial charge in [-0.1, -0.05) is 18.2 Å². The second-order valence-electron chi connectivity index (χ2n) is 3.60. The first-order chi connectivity index (χ1) is 8.04. The van der Waals surface area contributed by atoms with Crippen molar-refractivity contribution in [2.45, 2.75) is 6.54 Å². The van der Waals surface area contributed by atoms with Crippen LogP contribution in [-0.2, 0) is 11.3 Å². The van der Waals surface area contributed by atoms with Gasteiger partial charge in [-0.15, -0.1) is 6.58 Å². The minimum atomic E-state index is -0.902. The number of halogens is 1. The summed E-state index contributed by atoms with van der Waals surface area (Å²) >= 11 is 3.22. The lowest BCUT2D eigenvalue weighted by Gasteiger charge is -2.19. The number of phenolic OH excluding ortho intramolecular Hbond substituents is 1. The molecule has 0 unspecified atom stereocenters. The van der Waals surface area contributed by atoms with Gasteiger partial charge in [-0.25, -0.2) is 0 Å². The zero-order valence-corrected chi connectivity index (χ0v) is 10.9. The van der Waals surface area contributed by atoms with Crippen molar-refractivity contribution in [1.29, 1.82) is 0 Å². The predicted molar refractivity (Wildman–Crippen MR) is 68.9 cm³/mol. The molecule has 4 nitrogen and oxygen atoms in total. The minimum absolute atomic E-state index is 0.0853. The number of hydrogen-bond donors (Lipinski definition) is 2. The zero-order chi connectivity index (χ0) is 12.8. The Morgan fingerprint density at radius 3 is 2.82 bits per heavy atom. The zero-order valence-electron chi connectivity index (χ0n) is 9.27. The Hall–Kier alpha value is -1.33. The van der Waals surface area contributed by atoms with E-state index >= 15 is 0 Å². The van der Waals surface area contributed by atoms with Crippen LogP contribution in [-0.4, -0.2) is 34.2 Å². The highest BCUT2D eigenvalue weighted by atomic mass is 79.9. The third kappa shape index (κ3) is 4.20. The van der Waals surface area contributed by atoms with Crippen molar-refractivity contribution in [3.63, 3.8) is 0 Å². The first kappa shape index (κ1) is 13.7. The third-order valence-corrected chi connectivity index (χ3v) is 2.85. The fraction of sp³-hybridized carbons (Fsp3) is 0.250. The number of carbonyl (C=O) groups is 1. The second kappa shape index (κ2) is 6.42. The van der Waals surface area contributed by atoms with Crippen LogP contribution in [0.3, 0.4) is 0 Å². The molecule has 1 aromatic carbocycles. The van der Waals surface area contributed by atoms with Crippen LogP contribution < -0.4 is 0 Å². The summed E-state index contributed by atoms with van der Waals surface area (Å²) in [6.45, 7) is 4.32. The number of hydrogen-bond acceptors (Lipinski definition) is 3. The van der Waals surface area contributed by atoms with E-state index in [1.807, 2.05) is 0 Å². The summed E-state index contributed by atoms with van der Waals surface area (Å²) < 4.78 is 0.601. The van der Waals surface area contributed by atoms with Crippen molar-refractivity contribution < 1.29 is 15.0 Å². The van der Waals surface area contributed by atoms with Gasteiger partial charge in [0.25, 0.3) is 0 Å². The molecule has 1 aromatic rings. The van der Waals surface area contributed by atoms with Gasteiger partial charge in [0, 0.05) is 18.7 Å². The molecule has 0 fully saturated rings. The molecule has 0 bridgehead atoms. The monoisotopic (exact) mass is 299 g/mol. The van der Waals surface area contributed by atoms with Crippen molar-refractivity contribution in [1.82, 2.24) is 4.90 Å². The molecular weight excluding hydrogens is 286 g/mol. The molecule has 0 saturated heterocycles. The lowest BCUT2D eigenvalue weighted by Crippen LogP contribution is -2.29. The highest BCUT2D eigenvalue weighted by Gasteiger charge is 2.12. The summed E-state index contributed by atoms with van der Waals surface area (Å²) in [5.74, 6) is -0.756. The molecule has 0 radical (unpaired) electrons. The number of carboxylic acid groups (broad SMARTS) is 1. The number of para-hydroxylation sites is 1. The Morgan fingerprint density at radius 1 is 1.53 bits per heavy atom. The first-order valence-electron chi connectivity index (χ1n) is 5.06. The Bertz CT molecular complexity index is 420. The van der Waals surface area contributed by atoms with E-state index < -0.39 is 5.97 Å². The Kier molecular flexibility index (Phi) is 5.18. The van der Waals surface area contributed by atoms with Crippen LogP contribution in [0.1, 0.15) is 5.56 Å². The highest BCUT2D eigenvalue weighted by Crippen LogP contribution is 2.28. The van der Waals surface area contributed by atoms with Gasteiger partial charge in [0.1, 0.15) is 5.75 Å². The molecule has 0 atom stereocenters. The lowest BCUT2D eigenvalue weighted by atomic mass is 10.2. The molecule has 1 rings (SSSR count). The van der Waals surface area contributed by atoms with Crippen LogP contribution in [0.4, 0.5) is 0 Å². The summed E-state index contributed by atoms with van der Waals surface area (Å²) in [5.41, 5.74) is 0.683. The fourth-order valence-electron chi connectivity index (χ4n) is 1.49. The van der Waals surface area contributed by atoms with Crippen LogP contribution in [0.5, 0.6) is 5.75 Å². The van der Waals surface area contributed by atoms with Crippen molar-refractivity contribution in [2.24, 2.45) is 0 Å². The van der Waals surface area contributed by atoms with Crippen molar-refractivity contribution >= 4 is 21.9 Å². The largest absolute Gasteiger partial charge is 0.506 e. The van der Waals surface area contributed by atoms with Gasteiger partial charge in [-0.2, -0.15) is 0 Å². The molecule has 92 valence electrons. The van der Waals surface area contributed by atoms with Crippen molar-refractivity contribution in [2.75, 3.05) is 13.1 Å². The fourth-order valence-corrected chi connectivity index (χ4v) is 1.89.